The molecule has 0 radical (unpaired) electrons. The minimum absolute atomic E-state index is 0.332. The Morgan fingerprint density at radius 1 is 0.824 bits per heavy atom. The molecule has 0 unspecified atom stereocenters. The first-order valence-electron chi connectivity index (χ1n) is 5.02. The molecule has 0 amide bonds. The predicted molar refractivity (Wildman–Crippen MR) is 67.7 cm³/mol. The summed E-state index contributed by atoms with van der Waals surface area (Å²) in [6.07, 6.45) is 8.00. The number of carbonyl (C=O) groups is 1. The van der Waals surface area contributed by atoms with Crippen LogP contribution in [-0.4, -0.2) is 5.97 Å². The Balaban J connectivity index is 0.000000686. The summed E-state index contributed by atoms with van der Waals surface area (Å²) in [5.41, 5.74) is 0.557. The van der Waals surface area contributed by atoms with Gasteiger partial charge in [0.25, 0.3) is 0 Å². The van der Waals surface area contributed by atoms with Crippen molar-refractivity contribution in [2.24, 2.45) is 0 Å². The molecule has 0 heterocycles. The molecule has 2 aromatic carbocycles. The fourth-order valence-electron chi connectivity index (χ4n) is 1.23. The van der Waals surface area contributed by atoms with Crippen LogP contribution in [0.5, 0.6) is 5.75 Å². The van der Waals surface area contributed by atoms with Gasteiger partial charge in [-0.05, 0) is 24.3 Å². The molecule has 0 atom stereocenters. The highest BCUT2D eigenvalue weighted by Crippen LogP contribution is 2.11. The monoisotopic (exact) mass is 224 g/mol. The molecular weight excluding hydrogens is 212 g/mol. The third-order valence-electron chi connectivity index (χ3n) is 1.96. The second kappa shape index (κ2) is 6.86. The van der Waals surface area contributed by atoms with Crippen molar-refractivity contribution in [1.82, 2.24) is 0 Å². The van der Waals surface area contributed by atoms with E-state index >= 15 is 0 Å². The second-order valence-electron chi connectivity index (χ2n) is 3.07. The van der Waals surface area contributed by atoms with Gasteiger partial charge in [-0.1, -0.05) is 36.4 Å². The summed E-state index contributed by atoms with van der Waals surface area (Å²) in [7, 11) is 0. The van der Waals surface area contributed by atoms with Crippen LogP contribution >= 0.6 is 0 Å². The number of benzene rings is 2. The Bertz CT molecular complexity index is 472. The van der Waals surface area contributed by atoms with E-state index in [0.29, 0.717) is 11.3 Å². The smallest absolute Gasteiger partial charge is 0.343 e. The molecule has 2 rings (SSSR count). The maximum Gasteiger partial charge on any atom is 0.343 e. The molecule has 0 N–H and O–H groups in total. The van der Waals surface area contributed by atoms with E-state index < -0.39 is 0 Å². The third-order valence-corrected chi connectivity index (χ3v) is 1.96. The van der Waals surface area contributed by atoms with Crippen LogP contribution in [0.15, 0.2) is 60.7 Å². The number of hydrogen-bond donors (Lipinski definition) is 0. The lowest BCUT2D eigenvalue weighted by Crippen LogP contribution is -2.07. The number of hydrogen-bond acceptors (Lipinski definition) is 2. The van der Waals surface area contributed by atoms with E-state index in [9.17, 15) is 4.79 Å². The van der Waals surface area contributed by atoms with Crippen molar-refractivity contribution < 1.29 is 9.53 Å². The highest BCUT2D eigenvalue weighted by Gasteiger charge is 2.06. The first kappa shape index (κ1) is 12.5. The van der Waals surface area contributed by atoms with Crippen LogP contribution < -0.4 is 4.74 Å². The Labute approximate surface area is 101 Å². The SMILES string of the molecule is C#C.O=C(Oc1ccccc1)c1ccccc1. The van der Waals surface area contributed by atoms with E-state index in [4.69, 9.17) is 4.74 Å². The first-order chi connectivity index (χ1) is 8.36. The molecule has 84 valence electrons. The minimum atomic E-state index is -0.332. The Morgan fingerprint density at radius 3 is 1.82 bits per heavy atom. The zero-order chi connectivity index (χ0) is 12.5. The van der Waals surface area contributed by atoms with Gasteiger partial charge in [0.05, 0.1) is 5.56 Å². The van der Waals surface area contributed by atoms with Gasteiger partial charge in [0.2, 0.25) is 0 Å². The van der Waals surface area contributed by atoms with Gasteiger partial charge in [-0.3, -0.25) is 0 Å². The zero-order valence-corrected chi connectivity index (χ0v) is 9.24. The highest BCUT2D eigenvalue weighted by atomic mass is 16.5. The molecule has 0 aliphatic carbocycles. The van der Waals surface area contributed by atoms with Gasteiger partial charge < -0.3 is 4.74 Å². The van der Waals surface area contributed by atoms with Crippen molar-refractivity contribution in [3.05, 3.63) is 66.2 Å². The summed E-state index contributed by atoms with van der Waals surface area (Å²) < 4.78 is 5.16. The zero-order valence-electron chi connectivity index (χ0n) is 9.24. The maximum atomic E-state index is 11.6. The van der Waals surface area contributed by atoms with Crippen LogP contribution in [0, 0.1) is 12.8 Å². The summed E-state index contributed by atoms with van der Waals surface area (Å²) in [6, 6.07) is 18.0. The third kappa shape index (κ3) is 3.84. The van der Waals surface area contributed by atoms with Crippen molar-refractivity contribution in [2.45, 2.75) is 0 Å². The molecule has 0 saturated heterocycles. The van der Waals surface area contributed by atoms with Crippen LogP contribution in [0.1, 0.15) is 10.4 Å². The quantitative estimate of drug-likeness (QED) is 0.445. The van der Waals surface area contributed by atoms with Crippen molar-refractivity contribution >= 4 is 5.97 Å². The van der Waals surface area contributed by atoms with E-state index in [1.165, 1.54) is 0 Å². The molecule has 2 heteroatoms. The molecule has 0 spiro atoms. The normalized spacial score (nSPS) is 8.59. The molecule has 0 aromatic heterocycles. The van der Waals surface area contributed by atoms with Gasteiger partial charge in [0, 0.05) is 0 Å². The Hall–Kier alpha value is -2.53. The maximum absolute atomic E-state index is 11.6. The van der Waals surface area contributed by atoms with Crippen LogP contribution in [0.2, 0.25) is 0 Å². The standard InChI is InChI=1S/C13H10O2.C2H2/c14-13(11-7-3-1-4-8-11)15-12-9-5-2-6-10-12;1-2/h1-10H;1-2H. The largest absolute Gasteiger partial charge is 0.423 e. The molecule has 2 aromatic rings. The van der Waals surface area contributed by atoms with Crippen LogP contribution in [0.3, 0.4) is 0 Å². The summed E-state index contributed by atoms with van der Waals surface area (Å²) >= 11 is 0. The Morgan fingerprint density at radius 2 is 1.29 bits per heavy atom. The number of carbonyl (C=O) groups excluding carboxylic acids is 1. The minimum Gasteiger partial charge on any atom is -0.423 e. The van der Waals surface area contributed by atoms with Crippen molar-refractivity contribution in [3.8, 4) is 18.6 Å². The van der Waals surface area contributed by atoms with E-state index in [0.717, 1.165) is 0 Å². The number of esters is 1. The molecule has 0 aliphatic heterocycles. The first-order valence-corrected chi connectivity index (χ1v) is 5.02. The summed E-state index contributed by atoms with van der Waals surface area (Å²) in [4.78, 5) is 11.6. The van der Waals surface area contributed by atoms with E-state index in [-0.39, 0.29) is 5.97 Å². The molecular formula is C15H12O2. The lowest BCUT2D eigenvalue weighted by molar-refractivity contribution is 0.0735. The van der Waals surface area contributed by atoms with Gasteiger partial charge in [0.1, 0.15) is 5.75 Å². The van der Waals surface area contributed by atoms with Crippen LogP contribution in [-0.2, 0) is 0 Å². The summed E-state index contributed by atoms with van der Waals surface area (Å²) in [5, 5.41) is 0. The average Bonchev–Trinajstić information content (AvgIpc) is 2.43. The highest BCUT2D eigenvalue weighted by molar-refractivity contribution is 5.90. The van der Waals surface area contributed by atoms with Gasteiger partial charge in [-0.15, -0.1) is 12.8 Å². The average molecular weight is 224 g/mol. The topological polar surface area (TPSA) is 26.3 Å². The van der Waals surface area contributed by atoms with Crippen molar-refractivity contribution in [2.75, 3.05) is 0 Å². The van der Waals surface area contributed by atoms with Gasteiger partial charge in [-0.2, -0.15) is 0 Å². The number of para-hydroxylation sites is 1. The van der Waals surface area contributed by atoms with Crippen LogP contribution in [0.25, 0.3) is 0 Å². The fourth-order valence-corrected chi connectivity index (χ4v) is 1.23. The van der Waals surface area contributed by atoms with Crippen molar-refractivity contribution in [1.29, 1.82) is 0 Å². The van der Waals surface area contributed by atoms with Crippen LogP contribution in [0.4, 0.5) is 0 Å². The Kier molecular flexibility index (Phi) is 5.06. The van der Waals surface area contributed by atoms with E-state index in [2.05, 4.69) is 12.8 Å². The molecule has 0 saturated carbocycles. The second-order valence-corrected chi connectivity index (χ2v) is 3.07. The van der Waals surface area contributed by atoms with E-state index in [1.807, 2.05) is 36.4 Å². The molecule has 0 aliphatic rings. The van der Waals surface area contributed by atoms with E-state index in [1.54, 1.807) is 24.3 Å². The number of rotatable bonds is 2. The lowest BCUT2D eigenvalue weighted by Gasteiger charge is -2.02. The molecule has 2 nitrogen and oxygen atoms in total. The molecule has 0 bridgehead atoms. The number of terminal acetylenes is 1. The summed E-state index contributed by atoms with van der Waals surface area (Å²) in [6.45, 7) is 0. The lowest BCUT2D eigenvalue weighted by atomic mass is 10.2. The van der Waals surface area contributed by atoms with Crippen molar-refractivity contribution in [3.63, 3.8) is 0 Å². The molecule has 0 fully saturated rings. The van der Waals surface area contributed by atoms with Gasteiger partial charge in [0.15, 0.2) is 0 Å². The number of ether oxygens (including phenoxy) is 1. The van der Waals surface area contributed by atoms with Gasteiger partial charge in [-0.25, -0.2) is 4.79 Å². The summed E-state index contributed by atoms with van der Waals surface area (Å²) in [5.74, 6) is 0.230. The molecule has 17 heavy (non-hydrogen) atoms. The predicted octanol–water partition coefficient (Wildman–Crippen LogP) is 3.16. The van der Waals surface area contributed by atoms with Gasteiger partial charge >= 0.3 is 5.97 Å². The fraction of sp³-hybridized carbons (Fsp3) is 0.